The molecule has 1 aliphatic heterocycles. The molecule has 1 fully saturated rings. The van der Waals surface area contributed by atoms with Gasteiger partial charge in [-0.2, -0.15) is 0 Å². The molecule has 2 aromatic heterocycles. The molecule has 1 aliphatic rings. The second-order valence-corrected chi connectivity index (χ2v) is 10.1. The van der Waals surface area contributed by atoms with Crippen molar-refractivity contribution >= 4 is 34.3 Å². The van der Waals surface area contributed by atoms with Crippen LogP contribution in [0.25, 0.3) is 11.4 Å². The first-order valence-electron chi connectivity index (χ1n) is 11.2. The van der Waals surface area contributed by atoms with Crippen molar-refractivity contribution in [2.24, 2.45) is 0 Å². The fraction of sp³-hybridized carbons (Fsp3) is 0.565. The first-order chi connectivity index (χ1) is 16.0. The summed E-state index contributed by atoms with van der Waals surface area (Å²) < 4.78 is 16.1. The second kappa shape index (κ2) is 11.1. The van der Waals surface area contributed by atoms with E-state index in [9.17, 15) is 9.59 Å². The fourth-order valence-corrected chi connectivity index (χ4v) is 4.25. The fourth-order valence-electron chi connectivity index (χ4n) is 3.55. The SMILES string of the molecule is COC[C@H](NC(=O)OC(C)(C)C)C(=O)Nc1nc(-c2cccc(N3C[C@@H](C)O[C@@H](C)C3)n2)cs1. The summed E-state index contributed by atoms with van der Waals surface area (Å²) in [4.78, 5) is 36.3. The number of hydrogen-bond donors (Lipinski definition) is 2. The number of anilines is 2. The Kier molecular flexibility index (Phi) is 8.45. The molecule has 2 aromatic rings. The van der Waals surface area contributed by atoms with Gasteiger partial charge in [-0.3, -0.25) is 4.79 Å². The Morgan fingerprint density at radius 2 is 1.91 bits per heavy atom. The zero-order chi connectivity index (χ0) is 24.9. The minimum Gasteiger partial charge on any atom is -0.444 e. The number of aromatic nitrogens is 2. The molecule has 0 aromatic carbocycles. The van der Waals surface area contributed by atoms with Crippen LogP contribution in [-0.4, -0.2) is 72.6 Å². The summed E-state index contributed by atoms with van der Waals surface area (Å²) in [5.74, 6) is 0.409. The van der Waals surface area contributed by atoms with Crippen molar-refractivity contribution in [1.29, 1.82) is 0 Å². The summed E-state index contributed by atoms with van der Waals surface area (Å²) >= 11 is 1.28. The summed E-state index contributed by atoms with van der Waals surface area (Å²) in [5.41, 5.74) is 0.683. The molecule has 10 nitrogen and oxygen atoms in total. The monoisotopic (exact) mass is 491 g/mol. The molecule has 3 atom stereocenters. The zero-order valence-electron chi connectivity index (χ0n) is 20.5. The Labute approximate surface area is 204 Å². The van der Waals surface area contributed by atoms with E-state index in [0.29, 0.717) is 16.5 Å². The van der Waals surface area contributed by atoms with Crippen LogP contribution in [0.5, 0.6) is 0 Å². The average molecular weight is 492 g/mol. The molecular weight excluding hydrogens is 458 g/mol. The molecule has 34 heavy (non-hydrogen) atoms. The number of morpholine rings is 1. The molecule has 1 saturated heterocycles. The maximum Gasteiger partial charge on any atom is 0.408 e. The normalized spacial score (nSPS) is 19.4. The Morgan fingerprint density at radius 1 is 1.21 bits per heavy atom. The molecular formula is C23H33N5O5S. The first-order valence-corrected chi connectivity index (χ1v) is 12.0. The number of rotatable bonds is 7. The molecule has 0 saturated carbocycles. The van der Waals surface area contributed by atoms with Gasteiger partial charge in [0.25, 0.3) is 5.91 Å². The summed E-state index contributed by atoms with van der Waals surface area (Å²) in [5, 5.41) is 7.50. The summed E-state index contributed by atoms with van der Waals surface area (Å²) in [7, 11) is 1.45. The zero-order valence-corrected chi connectivity index (χ0v) is 21.3. The standard InChI is InChI=1S/C23H33N5O5S/c1-14-10-28(11-15(2)32-14)19-9-7-8-16(24-19)18-13-34-21(25-18)27-20(29)17(12-31-6)26-22(30)33-23(3,4)5/h7-9,13-15,17H,10-12H2,1-6H3,(H,26,30)(H,25,27,29)/t14-,15+,17-/m0/s1. The van der Waals surface area contributed by atoms with E-state index >= 15 is 0 Å². The van der Waals surface area contributed by atoms with Crippen LogP contribution < -0.4 is 15.5 Å². The van der Waals surface area contributed by atoms with Gasteiger partial charge in [-0.15, -0.1) is 11.3 Å². The van der Waals surface area contributed by atoms with Crippen LogP contribution in [0.15, 0.2) is 23.6 Å². The van der Waals surface area contributed by atoms with Gasteiger partial charge in [-0.1, -0.05) is 6.07 Å². The van der Waals surface area contributed by atoms with E-state index in [1.54, 1.807) is 20.8 Å². The molecule has 2 amide bonds. The topological polar surface area (TPSA) is 115 Å². The highest BCUT2D eigenvalue weighted by molar-refractivity contribution is 7.14. The average Bonchev–Trinajstić information content (AvgIpc) is 3.20. The molecule has 3 heterocycles. The van der Waals surface area contributed by atoms with Crippen molar-refractivity contribution in [3.05, 3.63) is 23.6 Å². The molecule has 0 radical (unpaired) electrons. The van der Waals surface area contributed by atoms with E-state index in [-0.39, 0.29) is 18.8 Å². The van der Waals surface area contributed by atoms with E-state index in [4.69, 9.17) is 19.2 Å². The Morgan fingerprint density at radius 3 is 2.56 bits per heavy atom. The van der Waals surface area contributed by atoms with Crippen LogP contribution in [0.3, 0.4) is 0 Å². The number of nitrogens with zero attached hydrogens (tertiary/aromatic N) is 3. The third kappa shape index (κ3) is 7.37. The molecule has 11 heteroatoms. The van der Waals surface area contributed by atoms with Crippen molar-refractivity contribution in [2.45, 2.75) is 58.5 Å². The number of carbonyl (C=O) groups excluding carboxylic acids is 2. The van der Waals surface area contributed by atoms with Crippen LogP contribution in [0.1, 0.15) is 34.6 Å². The van der Waals surface area contributed by atoms with Gasteiger partial charge in [0.05, 0.1) is 24.5 Å². The van der Waals surface area contributed by atoms with Crippen molar-refractivity contribution in [3.8, 4) is 11.4 Å². The van der Waals surface area contributed by atoms with E-state index in [0.717, 1.165) is 18.9 Å². The number of ether oxygens (including phenoxy) is 3. The third-order valence-electron chi connectivity index (χ3n) is 4.82. The number of alkyl carbamates (subject to hydrolysis) is 1. The molecule has 0 aliphatic carbocycles. The maximum atomic E-state index is 12.7. The van der Waals surface area contributed by atoms with E-state index < -0.39 is 23.6 Å². The van der Waals surface area contributed by atoms with Gasteiger partial charge in [0, 0.05) is 25.6 Å². The maximum absolute atomic E-state index is 12.7. The summed E-state index contributed by atoms with van der Waals surface area (Å²) in [6, 6.07) is 4.87. The van der Waals surface area contributed by atoms with Crippen molar-refractivity contribution in [1.82, 2.24) is 15.3 Å². The molecule has 2 N–H and O–H groups in total. The summed E-state index contributed by atoms with van der Waals surface area (Å²) in [6.45, 7) is 10.9. The first kappa shape index (κ1) is 25.9. The minimum absolute atomic E-state index is 0.0106. The number of amides is 2. The van der Waals surface area contributed by atoms with E-state index in [1.165, 1.54) is 18.4 Å². The number of hydrogen-bond acceptors (Lipinski definition) is 9. The van der Waals surface area contributed by atoms with Crippen molar-refractivity contribution < 1.29 is 23.8 Å². The van der Waals surface area contributed by atoms with Gasteiger partial charge >= 0.3 is 6.09 Å². The minimum atomic E-state index is -0.932. The number of carbonyl (C=O) groups is 2. The van der Waals surface area contributed by atoms with Crippen LogP contribution in [0.4, 0.5) is 15.7 Å². The highest BCUT2D eigenvalue weighted by Crippen LogP contribution is 2.26. The van der Waals surface area contributed by atoms with Crippen LogP contribution >= 0.6 is 11.3 Å². The van der Waals surface area contributed by atoms with E-state index in [2.05, 4.69) is 34.4 Å². The second-order valence-electron chi connectivity index (χ2n) is 9.22. The third-order valence-corrected chi connectivity index (χ3v) is 5.57. The van der Waals surface area contributed by atoms with Gasteiger partial charge in [0.2, 0.25) is 0 Å². The highest BCUT2D eigenvalue weighted by Gasteiger charge is 2.26. The lowest BCUT2D eigenvalue weighted by Crippen LogP contribution is -2.48. The van der Waals surface area contributed by atoms with Crippen LogP contribution in [-0.2, 0) is 19.0 Å². The Hall–Kier alpha value is -2.76. The Balaban J connectivity index is 1.67. The van der Waals surface area contributed by atoms with Crippen LogP contribution in [0.2, 0.25) is 0 Å². The lowest BCUT2D eigenvalue weighted by molar-refractivity contribution is -0.119. The lowest BCUT2D eigenvalue weighted by atomic mass is 10.2. The molecule has 0 spiro atoms. The van der Waals surface area contributed by atoms with Crippen molar-refractivity contribution in [2.75, 3.05) is 37.0 Å². The number of nitrogens with one attached hydrogen (secondary N) is 2. The van der Waals surface area contributed by atoms with Gasteiger partial charge < -0.3 is 29.7 Å². The predicted octanol–water partition coefficient (Wildman–Crippen LogP) is 3.30. The van der Waals surface area contributed by atoms with Gasteiger partial charge in [-0.25, -0.2) is 14.8 Å². The smallest absolute Gasteiger partial charge is 0.408 e. The Bertz CT molecular complexity index is 982. The lowest BCUT2D eigenvalue weighted by Gasteiger charge is -2.36. The van der Waals surface area contributed by atoms with E-state index in [1.807, 2.05) is 23.6 Å². The highest BCUT2D eigenvalue weighted by atomic mass is 32.1. The molecule has 0 bridgehead atoms. The number of pyridine rings is 1. The molecule has 186 valence electrons. The van der Waals surface area contributed by atoms with Gasteiger partial charge in [0.15, 0.2) is 5.13 Å². The van der Waals surface area contributed by atoms with Crippen molar-refractivity contribution in [3.63, 3.8) is 0 Å². The molecule has 3 rings (SSSR count). The molecule has 0 unspecified atom stereocenters. The number of thiazole rings is 1. The summed E-state index contributed by atoms with van der Waals surface area (Å²) in [6.07, 6.45) is -0.438. The van der Waals surface area contributed by atoms with Gasteiger partial charge in [-0.05, 0) is 46.8 Å². The van der Waals surface area contributed by atoms with Gasteiger partial charge in [0.1, 0.15) is 23.2 Å². The quantitative estimate of drug-likeness (QED) is 0.606. The largest absolute Gasteiger partial charge is 0.444 e. The predicted molar refractivity (Wildman–Crippen MR) is 131 cm³/mol. The number of methoxy groups -OCH3 is 1. The van der Waals surface area contributed by atoms with Crippen LogP contribution in [0, 0.1) is 0 Å².